The number of phosphoric acid groups is 2. The molecule has 0 fully saturated rings. The van der Waals surface area contributed by atoms with E-state index >= 15 is 0 Å². The van der Waals surface area contributed by atoms with Crippen LogP contribution in [0.1, 0.15) is 409 Å². The minimum atomic E-state index is -4.96. The molecule has 19 heteroatoms. The van der Waals surface area contributed by atoms with Crippen LogP contribution in [0.15, 0.2) is 0 Å². The highest BCUT2D eigenvalue weighted by Crippen LogP contribution is 2.45. The fourth-order valence-electron chi connectivity index (χ4n) is 12.2. The molecule has 17 nitrogen and oxygen atoms in total. The third-order valence-corrected chi connectivity index (χ3v) is 21.2. The van der Waals surface area contributed by atoms with Crippen LogP contribution < -0.4 is 0 Å². The molecule has 0 aliphatic carbocycles. The molecule has 0 saturated carbocycles. The number of carbonyl (C=O) groups excluding carboxylic acids is 4. The van der Waals surface area contributed by atoms with Gasteiger partial charge in [0.25, 0.3) is 0 Å². The number of phosphoric ester groups is 2. The van der Waals surface area contributed by atoms with E-state index in [9.17, 15) is 43.2 Å². The van der Waals surface area contributed by atoms with Gasteiger partial charge in [0.1, 0.15) is 19.3 Å². The van der Waals surface area contributed by atoms with E-state index in [0.29, 0.717) is 25.7 Å². The molecule has 0 amide bonds. The number of hydrogen-bond donors (Lipinski definition) is 3. The maximum Gasteiger partial charge on any atom is 0.472 e. The van der Waals surface area contributed by atoms with E-state index in [2.05, 4.69) is 55.4 Å². The number of aliphatic hydroxyl groups is 1. The van der Waals surface area contributed by atoms with Gasteiger partial charge in [-0.2, -0.15) is 0 Å². The van der Waals surface area contributed by atoms with E-state index in [-0.39, 0.29) is 25.7 Å². The first kappa shape index (κ1) is 97.1. The Morgan fingerprint density at radius 1 is 0.283 bits per heavy atom. The second kappa shape index (κ2) is 69.1. The third kappa shape index (κ3) is 71.5. The van der Waals surface area contributed by atoms with Crippen molar-refractivity contribution in [1.29, 1.82) is 0 Å². The normalized spacial score (nSPS) is 14.6. The lowest BCUT2D eigenvalue weighted by molar-refractivity contribution is -0.161. The molecule has 0 heterocycles. The number of carbonyl (C=O) groups is 4. The maximum atomic E-state index is 13.1. The predicted octanol–water partition coefficient (Wildman–Crippen LogP) is 23.6. The highest BCUT2D eigenvalue weighted by atomic mass is 31.2. The summed E-state index contributed by atoms with van der Waals surface area (Å²) in [6.07, 6.45) is 55.6. The first-order valence-corrected chi connectivity index (χ1v) is 44.3. The lowest BCUT2D eigenvalue weighted by Gasteiger charge is -2.21. The van der Waals surface area contributed by atoms with Gasteiger partial charge in [-0.15, -0.1) is 0 Å². The summed E-state index contributed by atoms with van der Waals surface area (Å²) >= 11 is 0. The Hall–Kier alpha value is -1.94. The quantitative estimate of drug-likeness (QED) is 0.0222. The van der Waals surface area contributed by atoms with Gasteiger partial charge in [0, 0.05) is 25.7 Å². The molecule has 0 aromatic rings. The Morgan fingerprint density at radius 2 is 0.485 bits per heavy atom. The molecular formula is C80H156O17P2. The van der Waals surface area contributed by atoms with Gasteiger partial charge < -0.3 is 33.8 Å². The molecule has 0 spiro atoms. The Morgan fingerprint density at radius 3 is 0.717 bits per heavy atom. The molecule has 4 unspecified atom stereocenters. The van der Waals surface area contributed by atoms with Gasteiger partial charge in [0.15, 0.2) is 12.2 Å². The second-order valence-corrected chi connectivity index (χ2v) is 33.1. The summed E-state index contributed by atoms with van der Waals surface area (Å²) in [6.45, 7) is 14.2. The van der Waals surface area contributed by atoms with Gasteiger partial charge >= 0.3 is 39.5 Å². The zero-order valence-electron chi connectivity index (χ0n) is 65.1. The average Bonchev–Trinajstić information content (AvgIpc) is 1.26. The summed E-state index contributed by atoms with van der Waals surface area (Å²) in [4.78, 5) is 72.9. The van der Waals surface area contributed by atoms with E-state index in [4.69, 9.17) is 37.0 Å². The fraction of sp³-hybridized carbons (Fsp3) is 0.950. The molecule has 0 aliphatic heterocycles. The monoisotopic (exact) mass is 1450 g/mol. The Kier molecular flexibility index (Phi) is 67.8. The van der Waals surface area contributed by atoms with E-state index in [1.54, 1.807) is 0 Å². The lowest BCUT2D eigenvalue weighted by atomic mass is 9.99. The average molecular weight is 1450 g/mol. The van der Waals surface area contributed by atoms with Crippen LogP contribution in [0, 0.1) is 23.7 Å². The lowest BCUT2D eigenvalue weighted by Crippen LogP contribution is -2.30. The topological polar surface area (TPSA) is 237 Å². The van der Waals surface area contributed by atoms with Crippen molar-refractivity contribution < 1.29 is 80.2 Å². The molecule has 7 atom stereocenters. The number of rotatable bonds is 77. The first-order valence-electron chi connectivity index (χ1n) is 41.3. The van der Waals surface area contributed by atoms with Crippen LogP contribution in [0.2, 0.25) is 0 Å². The van der Waals surface area contributed by atoms with Gasteiger partial charge in [0.2, 0.25) is 0 Å². The van der Waals surface area contributed by atoms with E-state index in [1.807, 2.05) is 0 Å². The minimum Gasteiger partial charge on any atom is -0.462 e. The minimum absolute atomic E-state index is 0.105. The van der Waals surface area contributed by atoms with Crippen LogP contribution in [0.3, 0.4) is 0 Å². The number of unbranched alkanes of at least 4 members (excludes halogenated alkanes) is 41. The van der Waals surface area contributed by atoms with Crippen LogP contribution in [-0.2, 0) is 65.4 Å². The number of esters is 4. The summed E-state index contributed by atoms with van der Waals surface area (Å²) in [6, 6.07) is 0. The van der Waals surface area contributed by atoms with Crippen molar-refractivity contribution in [2.45, 2.75) is 427 Å². The van der Waals surface area contributed by atoms with E-state index in [0.717, 1.165) is 120 Å². The van der Waals surface area contributed by atoms with Crippen LogP contribution in [0.5, 0.6) is 0 Å². The smallest absolute Gasteiger partial charge is 0.462 e. The summed E-state index contributed by atoms with van der Waals surface area (Å²) in [5, 5.41) is 10.6. The maximum absolute atomic E-state index is 13.1. The highest BCUT2D eigenvalue weighted by Gasteiger charge is 2.30. The molecule has 99 heavy (non-hydrogen) atoms. The summed E-state index contributed by atoms with van der Waals surface area (Å²) in [5.74, 6) is 0.999. The number of hydrogen-bond acceptors (Lipinski definition) is 15. The second-order valence-electron chi connectivity index (χ2n) is 30.2. The zero-order chi connectivity index (χ0) is 73.1. The van der Waals surface area contributed by atoms with Crippen molar-refractivity contribution in [3.63, 3.8) is 0 Å². The molecule has 3 N–H and O–H groups in total. The van der Waals surface area contributed by atoms with Crippen LogP contribution in [-0.4, -0.2) is 96.7 Å². The molecule has 0 saturated heterocycles. The molecule has 0 rings (SSSR count). The number of aliphatic hydroxyl groups excluding tert-OH is 1. The molecule has 0 bridgehead atoms. The van der Waals surface area contributed by atoms with Crippen molar-refractivity contribution in [1.82, 2.24) is 0 Å². The van der Waals surface area contributed by atoms with Crippen molar-refractivity contribution in [3.8, 4) is 0 Å². The zero-order valence-corrected chi connectivity index (χ0v) is 66.9. The first-order chi connectivity index (χ1) is 47.7. The number of ether oxygens (including phenoxy) is 4. The molecule has 0 aromatic carbocycles. The largest absolute Gasteiger partial charge is 0.472 e. The van der Waals surface area contributed by atoms with Gasteiger partial charge in [-0.25, -0.2) is 9.13 Å². The molecule has 0 radical (unpaired) electrons. The van der Waals surface area contributed by atoms with Gasteiger partial charge in [-0.3, -0.25) is 37.3 Å². The van der Waals surface area contributed by atoms with Crippen molar-refractivity contribution in [2.24, 2.45) is 23.7 Å². The van der Waals surface area contributed by atoms with Crippen molar-refractivity contribution in [3.05, 3.63) is 0 Å². The standard InChI is InChI=1S/C80H156O17P2/c1-9-72(7)58-50-42-34-28-22-17-15-13-11-12-14-16-18-23-29-35-44-52-60-77(82)90-66-75(96-80(85)63-55-47-37-31-25-27-33-41-49-57-71(5)6)68-94-98(86,87)92-64-74(81)65-93-99(88,89)95-69-76(67-91-78(83)61-53-45-39-38-43-51-59-73(8)10-2)97-79(84)62-54-46-36-30-24-20-19-21-26-32-40-48-56-70(3)4/h70-76,81H,9-69H2,1-8H3,(H,86,87)(H,88,89)/t72?,73?,74-,75-,76-/m1/s1. The summed E-state index contributed by atoms with van der Waals surface area (Å²) in [5.41, 5.74) is 0. The molecule has 588 valence electrons. The highest BCUT2D eigenvalue weighted by molar-refractivity contribution is 7.47. The third-order valence-electron chi connectivity index (χ3n) is 19.3. The van der Waals surface area contributed by atoms with Gasteiger partial charge in [-0.1, -0.05) is 357 Å². The Labute approximate surface area is 607 Å². The van der Waals surface area contributed by atoms with E-state index < -0.39 is 97.5 Å². The summed E-state index contributed by atoms with van der Waals surface area (Å²) in [7, 11) is -9.92. The SMILES string of the molecule is CCC(C)CCCCCCCCCCCCCCCCCCCCC(=O)OC[C@H](COP(=O)(O)OC[C@@H](O)COP(=O)(O)OC[C@@H](COC(=O)CCCCCCCCC(C)CC)OC(=O)CCCCCCCCCCCCCCC(C)C)OC(=O)CCCCCCCCCCCC(C)C. The summed E-state index contributed by atoms with van der Waals surface area (Å²) < 4.78 is 68.6. The van der Waals surface area contributed by atoms with Crippen LogP contribution in [0.25, 0.3) is 0 Å². The Balaban J connectivity index is 5.17. The van der Waals surface area contributed by atoms with Crippen molar-refractivity contribution in [2.75, 3.05) is 39.6 Å². The van der Waals surface area contributed by atoms with Crippen LogP contribution >= 0.6 is 15.6 Å². The van der Waals surface area contributed by atoms with Gasteiger partial charge in [0.05, 0.1) is 26.4 Å². The molecular weight excluding hydrogens is 1290 g/mol. The van der Waals surface area contributed by atoms with Crippen LogP contribution in [0.4, 0.5) is 0 Å². The molecule has 0 aromatic heterocycles. The van der Waals surface area contributed by atoms with E-state index in [1.165, 1.54) is 205 Å². The van der Waals surface area contributed by atoms with Gasteiger partial charge in [-0.05, 0) is 49.4 Å². The predicted molar refractivity (Wildman–Crippen MR) is 404 cm³/mol. The Bertz CT molecular complexity index is 1940. The van der Waals surface area contributed by atoms with Crippen molar-refractivity contribution >= 4 is 39.5 Å². The fourth-order valence-corrected chi connectivity index (χ4v) is 13.8. The molecule has 0 aliphatic rings.